The fourth-order valence-corrected chi connectivity index (χ4v) is 3.31. The number of nitrogens with zero attached hydrogens (tertiary/aromatic N) is 2. The first kappa shape index (κ1) is 19.8. The highest BCUT2D eigenvalue weighted by Crippen LogP contribution is 2.18. The number of hydrogen-bond donors (Lipinski definition) is 2. The van der Waals surface area contributed by atoms with Gasteiger partial charge in [-0.05, 0) is 43.9 Å². The first-order chi connectivity index (χ1) is 13.0. The van der Waals surface area contributed by atoms with E-state index in [1.54, 1.807) is 12.1 Å². The van der Waals surface area contributed by atoms with E-state index in [0.717, 1.165) is 44.6 Å². The third-order valence-electron chi connectivity index (χ3n) is 5.27. The Morgan fingerprint density at radius 3 is 2.44 bits per heavy atom. The summed E-state index contributed by atoms with van der Waals surface area (Å²) in [7, 11) is 0. The quantitative estimate of drug-likeness (QED) is 0.704. The zero-order valence-electron chi connectivity index (χ0n) is 15.9. The number of halogens is 1. The molecule has 2 N–H and O–H groups in total. The van der Waals surface area contributed by atoms with E-state index < -0.39 is 0 Å². The van der Waals surface area contributed by atoms with Gasteiger partial charge in [-0.2, -0.15) is 0 Å². The maximum absolute atomic E-state index is 12.9. The van der Waals surface area contributed by atoms with Crippen molar-refractivity contribution in [1.29, 1.82) is 0 Å². The minimum Gasteiger partial charge on any atom is -0.354 e. The lowest BCUT2D eigenvalue weighted by atomic mass is 10.1. The smallest absolute Gasteiger partial charge is 0.237 e. The number of carbonyl (C=O) groups is 2. The molecule has 7 heteroatoms. The molecule has 0 radical (unpaired) electrons. The number of hydrogen-bond acceptors (Lipinski definition) is 4. The molecule has 2 amide bonds. The highest BCUT2D eigenvalue weighted by atomic mass is 19.1. The Morgan fingerprint density at radius 1 is 1.15 bits per heavy atom. The standard InChI is InChI=1S/C20H29FN4O2/c1-15(20(27)22-9-8-16-2-4-17(21)5-3-16)25-12-10-24(11-13-25)14-19(26)23-18-6-7-18/h2-5,15,18H,6-14H2,1H3,(H,22,27)(H,23,26)/t15-/m0/s1. The van der Waals surface area contributed by atoms with Crippen molar-refractivity contribution in [2.45, 2.75) is 38.3 Å². The van der Waals surface area contributed by atoms with E-state index >= 15 is 0 Å². The number of carbonyl (C=O) groups excluding carboxylic acids is 2. The van der Waals surface area contributed by atoms with Crippen LogP contribution in [0.2, 0.25) is 0 Å². The molecule has 3 rings (SSSR count). The predicted octanol–water partition coefficient (Wildman–Crippen LogP) is 0.769. The molecule has 0 spiro atoms. The molecule has 1 aliphatic carbocycles. The summed E-state index contributed by atoms with van der Waals surface area (Å²) in [6.07, 6.45) is 2.89. The van der Waals surface area contributed by atoms with Crippen LogP contribution in [0.15, 0.2) is 24.3 Å². The van der Waals surface area contributed by atoms with Gasteiger partial charge < -0.3 is 10.6 Å². The van der Waals surface area contributed by atoms with Crippen LogP contribution >= 0.6 is 0 Å². The lowest BCUT2D eigenvalue weighted by molar-refractivity contribution is -0.127. The SMILES string of the molecule is C[C@@H](C(=O)NCCc1ccc(F)cc1)N1CCN(CC(=O)NC2CC2)CC1. The van der Waals surface area contributed by atoms with Gasteiger partial charge in [0.2, 0.25) is 11.8 Å². The minimum atomic E-state index is -0.249. The molecule has 1 aromatic carbocycles. The molecule has 2 aliphatic rings. The van der Waals surface area contributed by atoms with Crippen LogP contribution in [-0.2, 0) is 16.0 Å². The molecule has 1 saturated carbocycles. The van der Waals surface area contributed by atoms with Gasteiger partial charge in [-0.15, -0.1) is 0 Å². The molecule has 1 heterocycles. The molecule has 148 valence electrons. The summed E-state index contributed by atoms with van der Waals surface area (Å²) in [5.74, 6) is -0.129. The second kappa shape index (κ2) is 9.28. The largest absolute Gasteiger partial charge is 0.354 e. The van der Waals surface area contributed by atoms with Crippen molar-refractivity contribution in [2.75, 3.05) is 39.3 Å². The highest BCUT2D eigenvalue weighted by Gasteiger charge is 2.28. The van der Waals surface area contributed by atoms with Crippen molar-refractivity contribution in [3.63, 3.8) is 0 Å². The van der Waals surface area contributed by atoms with E-state index in [9.17, 15) is 14.0 Å². The topological polar surface area (TPSA) is 64.7 Å². The van der Waals surface area contributed by atoms with Crippen LogP contribution < -0.4 is 10.6 Å². The number of benzene rings is 1. The number of amides is 2. The first-order valence-corrected chi connectivity index (χ1v) is 9.79. The molecular weight excluding hydrogens is 347 g/mol. The van der Waals surface area contributed by atoms with E-state index in [2.05, 4.69) is 20.4 Å². The van der Waals surface area contributed by atoms with Crippen LogP contribution in [-0.4, -0.2) is 73.0 Å². The number of rotatable bonds is 8. The Balaban J connectivity index is 1.33. The van der Waals surface area contributed by atoms with Gasteiger partial charge >= 0.3 is 0 Å². The monoisotopic (exact) mass is 376 g/mol. The molecular formula is C20H29FN4O2. The van der Waals surface area contributed by atoms with Crippen molar-refractivity contribution in [2.24, 2.45) is 0 Å². The number of nitrogens with one attached hydrogen (secondary N) is 2. The van der Waals surface area contributed by atoms with Crippen molar-refractivity contribution in [3.05, 3.63) is 35.6 Å². The fourth-order valence-electron chi connectivity index (χ4n) is 3.31. The number of piperazine rings is 1. The first-order valence-electron chi connectivity index (χ1n) is 9.79. The average Bonchev–Trinajstić information content (AvgIpc) is 3.47. The summed E-state index contributed by atoms with van der Waals surface area (Å²) in [6.45, 7) is 6.06. The Kier molecular flexibility index (Phi) is 6.79. The maximum Gasteiger partial charge on any atom is 0.237 e. The van der Waals surface area contributed by atoms with E-state index in [0.29, 0.717) is 25.6 Å². The van der Waals surface area contributed by atoms with Crippen LogP contribution in [0.5, 0.6) is 0 Å². The molecule has 1 atom stereocenters. The van der Waals surface area contributed by atoms with Gasteiger partial charge in [0.1, 0.15) is 5.82 Å². The van der Waals surface area contributed by atoms with Crippen LogP contribution in [0.1, 0.15) is 25.3 Å². The molecule has 0 bridgehead atoms. The maximum atomic E-state index is 12.9. The van der Waals surface area contributed by atoms with Crippen molar-refractivity contribution in [3.8, 4) is 0 Å². The minimum absolute atomic E-state index is 0.0111. The van der Waals surface area contributed by atoms with Crippen molar-refractivity contribution >= 4 is 11.8 Å². The molecule has 1 saturated heterocycles. The van der Waals surface area contributed by atoms with Gasteiger partial charge in [0.25, 0.3) is 0 Å². The van der Waals surface area contributed by atoms with Gasteiger partial charge in [0.05, 0.1) is 12.6 Å². The van der Waals surface area contributed by atoms with Gasteiger partial charge in [0, 0.05) is 38.8 Å². The molecule has 0 aromatic heterocycles. The Hall–Kier alpha value is -1.99. The Bertz CT molecular complexity index is 640. The third kappa shape index (κ3) is 6.29. The van der Waals surface area contributed by atoms with Crippen molar-refractivity contribution < 1.29 is 14.0 Å². The lowest BCUT2D eigenvalue weighted by Gasteiger charge is -2.37. The van der Waals surface area contributed by atoms with Gasteiger partial charge in [0.15, 0.2) is 0 Å². The third-order valence-corrected chi connectivity index (χ3v) is 5.27. The van der Waals surface area contributed by atoms with E-state index in [1.165, 1.54) is 12.1 Å². The predicted molar refractivity (Wildman–Crippen MR) is 102 cm³/mol. The summed E-state index contributed by atoms with van der Waals surface area (Å²) in [5.41, 5.74) is 1.00. The lowest BCUT2D eigenvalue weighted by Crippen LogP contribution is -2.55. The molecule has 2 fully saturated rings. The summed E-state index contributed by atoms with van der Waals surface area (Å²) >= 11 is 0. The van der Waals surface area contributed by atoms with E-state index in [1.807, 2.05) is 6.92 Å². The van der Waals surface area contributed by atoms with E-state index in [4.69, 9.17) is 0 Å². The second-order valence-corrected chi connectivity index (χ2v) is 7.50. The second-order valence-electron chi connectivity index (χ2n) is 7.50. The fraction of sp³-hybridized carbons (Fsp3) is 0.600. The van der Waals surface area contributed by atoms with Crippen LogP contribution in [0.4, 0.5) is 4.39 Å². The van der Waals surface area contributed by atoms with Crippen LogP contribution in [0.3, 0.4) is 0 Å². The van der Waals surface area contributed by atoms with Crippen molar-refractivity contribution in [1.82, 2.24) is 20.4 Å². The zero-order chi connectivity index (χ0) is 19.2. The van der Waals surface area contributed by atoms with Gasteiger partial charge in [-0.1, -0.05) is 12.1 Å². The van der Waals surface area contributed by atoms with Gasteiger partial charge in [-0.25, -0.2) is 4.39 Å². The van der Waals surface area contributed by atoms with Gasteiger partial charge in [-0.3, -0.25) is 19.4 Å². The van der Waals surface area contributed by atoms with Crippen LogP contribution in [0.25, 0.3) is 0 Å². The molecule has 6 nitrogen and oxygen atoms in total. The Morgan fingerprint density at radius 2 is 1.81 bits per heavy atom. The van der Waals surface area contributed by atoms with Crippen LogP contribution in [0, 0.1) is 5.82 Å². The molecule has 1 aromatic rings. The summed E-state index contributed by atoms with van der Waals surface area (Å²) < 4.78 is 12.9. The zero-order valence-corrected chi connectivity index (χ0v) is 15.9. The summed E-state index contributed by atoms with van der Waals surface area (Å²) in [6, 6.07) is 6.56. The normalized spacial score (nSPS) is 19.5. The summed E-state index contributed by atoms with van der Waals surface area (Å²) in [5, 5.41) is 5.98. The summed E-state index contributed by atoms with van der Waals surface area (Å²) in [4.78, 5) is 28.6. The molecule has 1 aliphatic heterocycles. The average molecular weight is 376 g/mol. The Labute approximate surface area is 160 Å². The van der Waals surface area contributed by atoms with E-state index in [-0.39, 0.29) is 23.7 Å². The highest BCUT2D eigenvalue weighted by molar-refractivity contribution is 5.81. The molecule has 27 heavy (non-hydrogen) atoms. The molecule has 0 unspecified atom stereocenters.